The summed E-state index contributed by atoms with van der Waals surface area (Å²) in [5, 5.41) is 10.6. The highest BCUT2D eigenvalue weighted by atomic mass is 32.2. The molecule has 1 N–H and O–H groups in total. The van der Waals surface area contributed by atoms with E-state index in [4.69, 9.17) is 0 Å². The highest BCUT2D eigenvalue weighted by molar-refractivity contribution is 7.86. The van der Waals surface area contributed by atoms with Gasteiger partial charge in [-0.25, -0.2) is 0 Å². The van der Waals surface area contributed by atoms with Crippen LogP contribution in [0.25, 0.3) is 0 Å². The van der Waals surface area contributed by atoms with Gasteiger partial charge in [-0.1, -0.05) is 26.7 Å². The summed E-state index contributed by atoms with van der Waals surface area (Å²) < 4.78 is 28.1. The molecule has 5 nitrogen and oxygen atoms in total. The number of nitrogens with zero attached hydrogens (tertiary/aromatic N) is 2. The average Bonchev–Trinajstić information content (AvgIpc) is 2.38. The molecule has 0 aromatic rings. The first kappa shape index (κ1) is 15.2. The molecular formula is C13H26N2O3S. The minimum absolute atomic E-state index is 0.111. The molecule has 1 saturated heterocycles. The predicted octanol–water partition coefficient (Wildman–Crippen LogP) is 1.20. The number of hydrogen-bond acceptors (Lipinski definition) is 3. The summed E-state index contributed by atoms with van der Waals surface area (Å²) in [6, 6.07) is 0. The maximum absolute atomic E-state index is 12.5. The summed E-state index contributed by atoms with van der Waals surface area (Å²) in [6.45, 7) is 5.67. The van der Waals surface area contributed by atoms with Crippen LogP contribution in [0.3, 0.4) is 0 Å². The Kier molecular flexibility index (Phi) is 4.55. The first-order valence-corrected chi connectivity index (χ1v) is 8.81. The van der Waals surface area contributed by atoms with Gasteiger partial charge in [0.05, 0.1) is 5.60 Å². The molecule has 2 unspecified atom stereocenters. The van der Waals surface area contributed by atoms with Crippen molar-refractivity contribution < 1.29 is 13.5 Å². The second-order valence-corrected chi connectivity index (χ2v) is 7.67. The lowest BCUT2D eigenvalue weighted by molar-refractivity contribution is -0.0823. The molecule has 1 saturated carbocycles. The number of rotatable bonds is 4. The molecular weight excluding hydrogens is 264 g/mol. The molecule has 0 amide bonds. The van der Waals surface area contributed by atoms with Gasteiger partial charge >= 0.3 is 0 Å². The second kappa shape index (κ2) is 5.68. The molecule has 112 valence electrons. The van der Waals surface area contributed by atoms with Crippen LogP contribution in [0.4, 0.5) is 0 Å². The van der Waals surface area contributed by atoms with Crippen molar-refractivity contribution in [3.63, 3.8) is 0 Å². The monoisotopic (exact) mass is 290 g/mol. The Bertz CT molecular complexity index is 408. The summed E-state index contributed by atoms with van der Waals surface area (Å²) in [5.74, 6) is 0.111. The third-order valence-corrected chi connectivity index (χ3v) is 6.90. The molecule has 0 aromatic carbocycles. The van der Waals surface area contributed by atoms with Crippen molar-refractivity contribution in [3.05, 3.63) is 0 Å². The number of hydrogen-bond donors (Lipinski definition) is 1. The zero-order chi connectivity index (χ0) is 14.1. The van der Waals surface area contributed by atoms with Crippen LogP contribution in [-0.4, -0.2) is 53.9 Å². The van der Waals surface area contributed by atoms with Crippen molar-refractivity contribution in [1.82, 2.24) is 8.61 Å². The van der Waals surface area contributed by atoms with E-state index in [-0.39, 0.29) is 5.92 Å². The van der Waals surface area contributed by atoms with Crippen molar-refractivity contribution in [3.8, 4) is 0 Å². The van der Waals surface area contributed by atoms with Crippen LogP contribution in [0.2, 0.25) is 0 Å². The van der Waals surface area contributed by atoms with E-state index in [0.29, 0.717) is 32.6 Å². The summed E-state index contributed by atoms with van der Waals surface area (Å²) in [6.07, 6.45) is 4.53. The van der Waals surface area contributed by atoms with Gasteiger partial charge in [0.15, 0.2) is 0 Å². The molecule has 0 spiro atoms. The molecule has 2 fully saturated rings. The van der Waals surface area contributed by atoms with Crippen LogP contribution in [0.1, 0.15) is 46.0 Å². The van der Waals surface area contributed by atoms with Gasteiger partial charge < -0.3 is 5.11 Å². The SMILES string of the molecule is CCN(CC)S(=O)(=O)N1CCC2(O)CCCCC2C1. The molecule has 0 bridgehead atoms. The Hall–Kier alpha value is -0.170. The Morgan fingerprint density at radius 3 is 2.58 bits per heavy atom. The maximum atomic E-state index is 12.5. The van der Waals surface area contributed by atoms with Crippen LogP contribution < -0.4 is 0 Å². The fraction of sp³-hybridized carbons (Fsp3) is 1.00. The summed E-state index contributed by atoms with van der Waals surface area (Å²) in [7, 11) is -3.35. The minimum Gasteiger partial charge on any atom is -0.390 e. The van der Waals surface area contributed by atoms with Crippen molar-refractivity contribution in [2.24, 2.45) is 5.92 Å². The lowest BCUT2D eigenvalue weighted by Crippen LogP contribution is -2.57. The van der Waals surface area contributed by atoms with Gasteiger partial charge in [-0.05, 0) is 19.3 Å². The van der Waals surface area contributed by atoms with E-state index in [1.165, 1.54) is 4.31 Å². The molecule has 0 aromatic heterocycles. The Labute approximate surface area is 116 Å². The Morgan fingerprint density at radius 1 is 1.26 bits per heavy atom. The van der Waals surface area contributed by atoms with E-state index in [1.54, 1.807) is 4.31 Å². The number of fused-ring (bicyclic) bond motifs is 1. The smallest absolute Gasteiger partial charge is 0.281 e. The van der Waals surface area contributed by atoms with Crippen LogP contribution in [0.15, 0.2) is 0 Å². The second-order valence-electron chi connectivity index (χ2n) is 5.75. The lowest BCUT2D eigenvalue weighted by Gasteiger charge is -2.47. The predicted molar refractivity (Wildman–Crippen MR) is 74.9 cm³/mol. The van der Waals surface area contributed by atoms with Gasteiger partial charge in [-0.2, -0.15) is 17.0 Å². The van der Waals surface area contributed by atoms with Gasteiger partial charge in [0.2, 0.25) is 0 Å². The fourth-order valence-electron chi connectivity index (χ4n) is 3.46. The largest absolute Gasteiger partial charge is 0.390 e. The van der Waals surface area contributed by atoms with E-state index < -0.39 is 15.8 Å². The molecule has 6 heteroatoms. The summed E-state index contributed by atoms with van der Waals surface area (Å²) >= 11 is 0. The van der Waals surface area contributed by atoms with E-state index in [9.17, 15) is 13.5 Å². The van der Waals surface area contributed by atoms with Crippen LogP contribution >= 0.6 is 0 Å². The molecule has 2 atom stereocenters. The van der Waals surface area contributed by atoms with Gasteiger partial charge in [-0.3, -0.25) is 0 Å². The Morgan fingerprint density at radius 2 is 1.95 bits per heavy atom. The van der Waals surface area contributed by atoms with Crippen LogP contribution in [0.5, 0.6) is 0 Å². The van der Waals surface area contributed by atoms with Crippen molar-refractivity contribution >= 4 is 10.2 Å². The quantitative estimate of drug-likeness (QED) is 0.846. The van der Waals surface area contributed by atoms with Gasteiger partial charge in [0.25, 0.3) is 10.2 Å². The van der Waals surface area contributed by atoms with E-state index in [0.717, 1.165) is 25.7 Å². The third-order valence-electron chi connectivity index (χ3n) is 4.75. The first-order chi connectivity index (χ1) is 8.94. The topological polar surface area (TPSA) is 60.9 Å². The first-order valence-electron chi connectivity index (χ1n) is 7.41. The van der Waals surface area contributed by atoms with Gasteiger partial charge in [0, 0.05) is 32.1 Å². The van der Waals surface area contributed by atoms with Crippen LogP contribution in [-0.2, 0) is 10.2 Å². The molecule has 19 heavy (non-hydrogen) atoms. The normalized spacial score (nSPS) is 33.4. The number of piperidine rings is 1. The zero-order valence-corrected chi connectivity index (χ0v) is 12.8. The average molecular weight is 290 g/mol. The highest BCUT2D eigenvalue weighted by Gasteiger charge is 2.45. The zero-order valence-electron chi connectivity index (χ0n) is 12.0. The van der Waals surface area contributed by atoms with Crippen molar-refractivity contribution in [2.45, 2.75) is 51.6 Å². The van der Waals surface area contributed by atoms with Crippen molar-refractivity contribution in [1.29, 1.82) is 0 Å². The van der Waals surface area contributed by atoms with Gasteiger partial charge in [0.1, 0.15) is 0 Å². The van der Waals surface area contributed by atoms with Crippen LogP contribution in [0, 0.1) is 5.92 Å². The fourth-order valence-corrected chi connectivity index (χ4v) is 5.13. The van der Waals surface area contributed by atoms with E-state index in [2.05, 4.69) is 0 Å². The molecule has 1 aliphatic heterocycles. The molecule has 1 heterocycles. The number of aliphatic hydroxyl groups is 1. The van der Waals surface area contributed by atoms with E-state index >= 15 is 0 Å². The molecule has 2 aliphatic rings. The summed E-state index contributed by atoms with van der Waals surface area (Å²) in [4.78, 5) is 0. The molecule has 1 aliphatic carbocycles. The Balaban J connectivity index is 2.12. The molecule has 2 rings (SSSR count). The lowest BCUT2D eigenvalue weighted by atomic mass is 9.72. The summed E-state index contributed by atoms with van der Waals surface area (Å²) in [5.41, 5.74) is -0.618. The highest BCUT2D eigenvalue weighted by Crippen LogP contribution is 2.40. The molecule has 0 radical (unpaired) electrons. The third kappa shape index (κ3) is 2.82. The van der Waals surface area contributed by atoms with Crippen molar-refractivity contribution in [2.75, 3.05) is 26.2 Å². The van der Waals surface area contributed by atoms with Gasteiger partial charge in [-0.15, -0.1) is 0 Å². The minimum atomic E-state index is -3.35. The standard InChI is InChI=1S/C13H26N2O3S/c1-3-14(4-2)19(17,18)15-10-9-13(16)8-6-5-7-12(13)11-15/h12,16H,3-11H2,1-2H3. The maximum Gasteiger partial charge on any atom is 0.281 e. The van der Waals surface area contributed by atoms with E-state index in [1.807, 2.05) is 13.8 Å².